The van der Waals surface area contributed by atoms with Gasteiger partial charge in [0.1, 0.15) is 6.23 Å². The minimum atomic E-state index is -0.913. The van der Waals surface area contributed by atoms with Crippen molar-refractivity contribution in [1.82, 2.24) is 9.80 Å². The first kappa shape index (κ1) is 33.6. The molecule has 4 aliphatic rings. The third kappa shape index (κ3) is 5.69. The average Bonchev–Trinajstić information content (AvgIpc) is 3.31. The molecule has 0 spiro atoms. The largest absolute Gasteiger partial charge is 0.493 e. The van der Waals surface area contributed by atoms with Crippen molar-refractivity contribution in [3.05, 3.63) is 106 Å². The standard InChI is InChI=1S/C41H42N4O7/c1-41-21-26-11-6-8-13-28(26)23-45(41)39(47)29-17-34(49-3)36(19-31(29)42-24-41)51-14-9-15-52-37-20-32-30(18-35(37)50-4)38(46)44-22-27-12-7-5-10-25(27)16-33(44)40(48)43(32)2/h5-8,10-13,17-20,24,33,40,48H,9,14-16,21-23H2,1-4H3. The molecule has 11 nitrogen and oxygen atoms in total. The Kier molecular flexibility index (Phi) is 8.53. The number of aliphatic hydroxyl groups is 1. The molecule has 4 aromatic rings. The van der Waals surface area contributed by atoms with E-state index in [1.54, 1.807) is 55.3 Å². The number of nitrogens with zero attached hydrogens (tertiary/aromatic N) is 4. The topological polar surface area (TPSA) is 113 Å². The lowest BCUT2D eigenvalue weighted by Gasteiger charge is -2.42. The molecular weight excluding hydrogens is 660 g/mol. The fraction of sp³-hybridized carbons (Fsp3) is 0.341. The summed E-state index contributed by atoms with van der Waals surface area (Å²) in [5, 5.41) is 11.5. The smallest absolute Gasteiger partial charge is 0.257 e. The number of rotatable bonds is 8. The van der Waals surface area contributed by atoms with Gasteiger partial charge < -0.3 is 38.8 Å². The second-order valence-electron chi connectivity index (χ2n) is 14.0. The summed E-state index contributed by atoms with van der Waals surface area (Å²) in [5.41, 5.74) is 6.05. The van der Waals surface area contributed by atoms with Crippen LogP contribution in [0.15, 0.2) is 77.8 Å². The minimum Gasteiger partial charge on any atom is -0.493 e. The maximum Gasteiger partial charge on any atom is 0.257 e. The number of hydrogen-bond donors (Lipinski definition) is 1. The zero-order valence-electron chi connectivity index (χ0n) is 29.8. The molecule has 268 valence electrons. The van der Waals surface area contributed by atoms with Gasteiger partial charge in [0.25, 0.3) is 11.8 Å². The summed E-state index contributed by atoms with van der Waals surface area (Å²) in [6, 6.07) is 22.8. The number of amides is 2. The zero-order valence-corrected chi connectivity index (χ0v) is 29.8. The van der Waals surface area contributed by atoms with Crippen molar-refractivity contribution in [2.24, 2.45) is 4.99 Å². The average molecular weight is 703 g/mol. The van der Waals surface area contributed by atoms with Gasteiger partial charge in [0.15, 0.2) is 23.0 Å². The Morgan fingerprint density at radius 3 is 2.10 bits per heavy atom. The number of likely N-dealkylation sites (N-methyl/N-ethyl adjacent to an activating group) is 1. The quantitative estimate of drug-likeness (QED) is 0.238. The molecule has 0 radical (unpaired) electrons. The molecule has 4 aromatic carbocycles. The fourth-order valence-electron chi connectivity index (χ4n) is 7.89. The van der Waals surface area contributed by atoms with Crippen LogP contribution in [0.2, 0.25) is 0 Å². The number of methoxy groups -OCH3 is 2. The number of aliphatic imine (C=N–C) groups is 1. The van der Waals surface area contributed by atoms with E-state index in [-0.39, 0.29) is 18.4 Å². The maximum absolute atomic E-state index is 13.9. The van der Waals surface area contributed by atoms with Crippen LogP contribution in [0.4, 0.5) is 11.4 Å². The number of fused-ring (bicyclic) bond motifs is 6. The van der Waals surface area contributed by atoms with Gasteiger partial charge in [-0.1, -0.05) is 48.5 Å². The summed E-state index contributed by atoms with van der Waals surface area (Å²) >= 11 is 0. The van der Waals surface area contributed by atoms with Gasteiger partial charge in [-0.2, -0.15) is 0 Å². The Bertz CT molecular complexity index is 2100. The van der Waals surface area contributed by atoms with E-state index in [9.17, 15) is 14.7 Å². The van der Waals surface area contributed by atoms with Gasteiger partial charge in [0, 0.05) is 51.3 Å². The first-order valence-electron chi connectivity index (χ1n) is 17.6. The van der Waals surface area contributed by atoms with Crippen molar-refractivity contribution in [2.45, 2.75) is 57.1 Å². The number of anilines is 1. The molecule has 0 fully saturated rings. The van der Waals surface area contributed by atoms with Gasteiger partial charge in [0.05, 0.1) is 61.5 Å². The molecule has 52 heavy (non-hydrogen) atoms. The highest BCUT2D eigenvalue weighted by Gasteiger charge is 2.43. The van der Waals surface area contributed by atoms with Crippen molar-refractivity contribution in [1.29, 1.82) is 0 Å². The Morgan fingerprint density at radius 2 is 1.40 bits per heavy atom. The Labute approximate surface area is 303 Å². The molecular formula is C41H42N4O7. The summed E-state index contributed by atoms with van der Waals surface area (Å²) in [4.78, 5) is 38.0. The van der Waals surface area contributed by atoms with Crippen LogP contribution in [0.3, 0.4) is 0 Å². The summed E-state index contributed by atoms with van der Waals surface area (Å²) in [5.74, 6) is 1.55. The highest BCUT2D eigenvalue weighted by Crippen LogP contribution is 2.42. The minimum absolute atomic E-state index is 0.0987. The second kappa shape index (κ2) is 13.2. The fourth-order valence-corrected chi connectivity index (χ4v) is 7.89. The first-order chi connectivity index (χ1) is 25.2. The van der Waals surface area contributed by atoms with Gasteiger partial charge in [-0.05, 0) is 47.7 Å². The van der Waals surface area contributed by atoms with Crippen molar-refractivity contribution >= 4 is 29.4 Å². The third-order valence-corrected chi connectivity index (χ3v) is 10.8. The van der Waals surface area contributed by atoms with Crippen molar-refractivity contribution in [3.8, 4) is 23.0 Å². The van der Waals surface area contributed by atoms with E-state index >= 15 is 0 Å². The second-order valence-corrected chi connectivity index (χ2v) is 14.0. The summed E-state index contributed by atoms with van der Waals surface area (Å²) < 4.78 is 23.7. The molecule has 0 aliphatic carbocycles. The zero-order chi connectivity index (χ0) is 36.1. The molecule has 0 saturated heterocycles. The van der Waals surface area contributed by atoms with Crippen molar-refractivity contribution in [2.75, 3.05) is 39.4 Å². The first-order valence-corrected chi connectivity index (χ1v) is 17.6. The van der Waals surface area contributed by atoms with E-state index in [1.165, 1.54) is 5.56 Å². The van der Waals surface area contributed by atoms with Crippen LogP contribution in [0.25, 0.3) is 0 Å². The van der Waals surface area contributed by atoms with E-state index in [0.717, 1.165) is 16.7 Å². The Balaban J connectivity index is 0.958. The summed E-state index contributed by atoms with van der Waals surface area (Å²) in [6.07, 6.45) is 2.72. The van der Waals surface area contributed by atoms with E-state index < -0.39 is 17.8 Å². The number of benzene rings is 4. The molecule has 2 amide bonds. The van der Waals surface area contributed by atoms with Gasteiger partial charge in [-0.3, -0.25) is 14.6 Å². The predicted molar refractivity (Wildman–Crippen MR) is 196 cm³/mol. The molecule has 11 heteroatoms. The SMILES string of the molecule is COc1cc2c(cc1OCCCOc1cc3c(cc1OC)C(=O)N1Cc4ccccc4CC1C(O)N3C)N=CC1(C)Cc3ccccc3CN1C2=O. The molecule has 8 rings (SSSR count). The van der Waals surface area contributed by atoms with E-state index in [1.807, 2.05) is 48.4 Å². The number of aliphatic hydroxyl groups excluding tert-OH is 1. The monoisotopic (exact) mass is 702 g/mol. The number of hydrogen-bond acceptors (Lipinski definition) is 9. The number of ether oxygens (including phenoxy) is 4. The lowest BCUT2D eigenvalue weighted by atomic mass is 9.84. The lowest BCUT2D eigenvalue weighted by Crippen LogP contribution is -2.54. The number of carbonyl (C=O) groups is 2. The van der Waals surface area contributed by atoms with Crippen LogP contribution in [0.1, 0.15) is 56.3 Å². The lowest BCUT2D eigenvalue weighted by molar-refractivity contribution is 0.0326. The van der Waals surface area contributed by atoms with E-state index in [0.29, 0.717) is 84.5 Å². The summed E-state index contributed by atoms with van der Waals surface area (Å²) in [6.45, 7) is 3.57. The van der Waals surface area contributed by atoms with Gasteiger partial charge >= 0.3 is 0 Å². The van der Waals surface area contributed by atoms with Crippen molar-refractivity contribution < 1.29 is 33.6 Å². The predicted octanol–water partition coefficient (Wildman–Crippen LogP) is 5.56. The molecule has 3 atom stereocenters. The molecule has 1 N–H and O–H groups in total. The Morgan fingerprint density at radius 1 is 0.788 bits per heavy atom. The van der Waals surface area contributed by atoms with Gasteiger partial charge in [-0.15, -0.1) is 0 Å². The van der Waals surface area contributed by atoms with Crippen LogP contribution >= 0.6 is 0 Å². The highest BCUT2D eigenvalue weighted by atomic mass is 16.5. The normalized spacial score (nSPS) is 21.4. The van der Waals surface area contributed by atoms with Crippen LogP contribution in [0.5, 0.6) is 23.0 Å². The molecule has 0 aromatic heterocycles. The molecule has 4 aliphatic heterocycles. The van der Waals surface area contributed by atoms with Crippen LogP contribution in [-0.2, 0) is 25.9 Å². The maximum atomic E-state index is 13.9. The van der Waals surface area contributed by atoms with Crippen LogP contribution in [-0.4, -0.2) is 85.2 Å². The Hall–Kier alpha value is -5.55. The molecule has 0 saturated carbocycles. The van der Waals surface area contributed by atoms with Gasteiger partial charge in [0.2, 0.25) is 0 Å². The molecule has 3 unspecified atom stereocenters. The van der Waals surface area contributed by atoms with Crippen LogP contribution in [0, 0.1) is 0 Å². The summed E-state index contributed by atoms with van der Waals surface area (Å²) in [7, 11) is 4.89. The molecule has 0 bridgehead atoms. The van der Waals surface area contributed by atoms with Crippen molar-refractivity contribution in [3.63, 3.8) is 0 Å². The van der Waals surface area contributed by atoms with E-state index in [4.69, 9.17) is 23.9 Å². The molecule has 4 heterocycles. The van der Waals surface area contributed by atoms with Crippen LogP contribution < -0.4 is 23.8 Å². The van der Waals surface area contributed by atoms with E-state index in [2.05, 4.69) is 18.2 Å². The number of carbonyl (C=O) groups excluding carboxylic acids is 2. The third-order valence-electron chi connectivity index (χ3n) is 10.8. The van der Waals surface area contributed by atoms with Gasteiger partial charge in [-0.25, -0.2) is 0 Å². The highest BCUT2D eigenvalue weighted by molar-refractivity contribution is 6.04.